The van der Waals surface area contributed by atoms with E-state index in [1.54, 1.807) is 0 Å². The number of ether oxygens (including phenoxy) is 1. The Morgan fingerprint density at radius 3 is 2.00 bits per heavy atom. The van der Waals surface area contributed by atoms with Crippen molar-refractivity contribution in [1.29, 1.82) is 0 Å². The predicted octanol–water partition coefficient (Wildman–Crippen LogP) is 4.76. The summed E-state index contributed by atoms with van der Waals surface area (Å²) < 4.78 is 5.66. The van der Waals surface area contributed by atoms with Crippen molar-refractivity contribution >= 4 is 33.9 Å². The molecule has 9 nitrogen and oxygen atoms in total. The summed E-state index contributed by atoms with van der Waals surface area (Å²) in [4.78, 5) is 45.8. The zero-order valence-electron chi connectivity index (χ0n) is 23.3. The molecule has 3 saturated heterocycles. The Morgan fingerprint density at radius 1 is 0.854 bits per heavy atom. The summed E-state index contributed by atoms with van der Waals surface area (Å²) >= 11 is 0. The number of hydrogen-bond acceptors (Lipinski definition) is 5. The van der Waals surface area contributed by atoms with E-state index in [2.05, 4.69) is 21.8 Å². The molecule has 0 saturated carbocycles. The maximum atomic E-state index is 13.0. The van der Waals surface area contributed by atoms with Crippen LogP contribution in [0.5, 0.6) is 0 Å². The molecule has 9 heteroatoms. The number of benzene rings is 2. The van der Waals surface area contributed by atoms with E-state index in [9.17, 15) is 9.59 Å². The van der Waals surface area contributed by atoms with Gasteiger partial charge in [-0.15, -0.1) is 0 Å². The Labute approximate surface area is 238 Å². The van der Waals surface area contributed by atoms with Crippen LogP contribution in [0.3, 0.4) is 0 Å². The van der Waals surface area contributed by atoms with Gasteiger partial charge in [0.25, 0.3) is 5.91 Å². The van der Waals surface area contributed by atoms with E-state index >= 15 is 0 Å². The lowest BCUT2D eigenvalue weighted by Gasteiger charge is -2.25. The number of hydrogen-bond donors (Lipinski definition) is 2. The normalized spacial score (nSPS) is 22.5. The number of nitrogens with one attached hydrogen (secondary N) is 2. The summed E-state index contributed by atoms with van der Waals surface area (Å²) in [6, 6.07) is 11.9. The van der Waals surface area contributed by atoms with Crippen LogP contribution in [0.1, 0.15) is 86.7 Å². The van der Waals surface area contributed by atoms with Crippen LogP contribution < -0.4 is 0 Å². The fourth-order valence-electron chi connectivity index (χ4n) is 6.50. The van der Waals surface area contributed by atoms with Gasteiger partial charge < -0.3 is 24.5 Å². The van der Waals surface area contributed by atoms with Gasteiger partial charge in [-0.25, -0.2) is 9.97 Å². The monoisotopic (exact) mass is 550 g/mol. The average Bonchev–Trinajstić information content (AvgIpc) is 3.83. The van der Waals surface area contributed by atoms with Crippen molar-refractivity contribution in [2.75, 3.05) is 19.7 Å². The number of imidazole rings is 2. The highest BCUT2D eigenvalue weighted by atomic mass is 16.5. The standard InChI is InChI=1S/C32H34N6O3/c1-2-29(39)37-15-3-6-26(37)30-33-22-13-11-20(18-24(22)35-30)9-10-21-12-14-23-25(19-21)36-31(34-23)27-7-4-16-38(27)32(40)28-8-5-17-41-28/h11-14,18-19,26-28H,2-8,15-17H2,1H3,(H,33,35)(H,34,36)/t26?,27-,28+/m0/s1. The van der Waals surface area contributed by atoms with Crippen molar-refractivity contribution in [3.63, 3.8) is 0 Å². The second-order valence-electron chi connectivity index (χ2n) is 11.2. The smallest absolute Gasteiger partial charge is 0.252 e. The summed E-state index contributed by atoms with van der Waals surface area (Å²) in [6.07, 6.45) is 5.75. The number of aromatic amines is 2. The number of carbonyl (C=O) groups is 2. The van der Waals surface area contributed by atoms with E-state index in [1.807, 2.05) is 53.1 Å². The van der Waals surface area contributed by atoms with Crippen LogP contribution in [0.25, 0.3) is 22.1 Å². The van der Waals surface area contributed by atoms with Gasteiger partial charge in [-0.05, 0) is 74.9 Å². The lowest BCUT2D eigenvalue weighted by Crippen LogP contribution is -2.38. The van der Waals surface area contributed by atoms with Crippen LogP contribution in [-0.4, -0.2) is 67.4 Å². The van der Waals surface area contributed by atoms with Crippen LogP contribution in [0.2, 0.25) is 0 Å². The van der Waals surface area contributed by atoms with Crippen molar-refractivity contribution in [1.82, 2.24) is 29.7 Å². The number of amides is 2. The number of aromatic nitrogens is 4. The van der Waals surface area contributed by atoms with Gasteiger partial charge in [-0.3, -0.25) is 9.59 Å². The lowest BCUT2D eigenvalue weighted by atomic mass is 10.1. The molecule has 1 unspecified atom stereocenters. The second kappa shape index (κ2) is 10.7. The molecule has 4 aromatic rings. The van der Waals surface area contributed by atoms with Crippen LogP contribution in [0.4, 0.5) is 0 Å². The Bertz CT molecular complexity index is 1690. The van der Waals surface area contributed by atoms with Gasteiger partial charge in [-0.1, -0.05) is 18.8 Å². The topological polar surface area (TPSA) is 107 Å². The molecule has 2 aromatic carbocycles. The molecule has 7 rings (SSSR count). The van der Waals surface area contributed by atoms with Crippen molar-refractivity contribution < 1.29 is 14.3 Å². The van der Waals surface area contributed by atoms with E-state index in [4.69, 9.17) is 14.7 Å². The van der Waals surface area contributed by atoms with Crippen molar-refractivity contribution in [2.24, 2.45) is 0 Å². The highest BCUT2D eigenvalue weighted by molar-refractivity contribution is 5.82. The third kappa shape index (κ3) is 4.87. The summed E-state index contributed by atoms with van der Waals surface area (Å²) in [5.41, 5.74) is 5.37. The number of likely N-dealkylation sites (tertiary alicyclic amines) is 2. The molecule has 2 amide bonds. The van der Waals surface area contributed by atoms with Gasteiger partial charge in [0.05, 0.1) is 34.2 Å². The van der Waals surface area contributed by atoms with Crippen LogP contribution in [0.15, 0.2) is 36.4 Å². The molecule has 0 spiro atoms. The van der Waals surface area contributed by atoms with E-state index in [-0.39, 0.29) is 30.0 Å². The first-order valence-corrected chi connectivity index (χ1v) is 14.8. The summed E-state index contributed by atoms with van der Waals surface area (Å²) in [6.45, 7) is 4.11. The van der Waals surface area contributed by atoms with Crippen LogP contribution >= 0.6 is 0 Å². The molecule has 3 aliphatic heterocycles. The minimum Gasteiger partial charge on any atom is -0.368 e. The van der Waals surface area contributed by atoms with E-state index < -0.39 is 0 Å². The number of carbonyl (C=O) groups excluding carboxylic acids is 2. The van der Waals surface area contributed by atoms with Gasteiger partial charge >= 0.3 is 0 Å². The number of rotatable bonds is 4. The Balaban J connectivity index is 1.10. The van der Waals surface area contributed by atoms with Gasteiger partial charge in [0.2, 0.25) is 5.91 Å². The lowest BCUT2D eigenvalue weighted by molar-refractivity contribution is -0.142. The van der Waals surface area contributed by atoms with Crippen LogP contribution in [-0.2, 0) is 14.3 Å². The molecule has 3 atom stereocenters. The highest BCUT2D eigenvalue weighted by Gasteiger charge is 2.37. The van der Waals surface area contributed by atoms with Gasteiger partial charge in [0.1, 0.15) is 17.8 Å². The Kier molecular flexibility index (Phi) is 6.71. The maximum absolute atomic E-state index is 13.0. The molecule has 3 aliphatic rings. The van der Waals surface area contributed by atoms with Gasteiger partial charge in [0.15, 0.2) is 0 Å². The van der Waals surface area contributed by atoms with Crippen molar-refractivity contribution in [3.05, 3.63) is 59.2 Å². The molecule has 210 valence electrons. The fraction of sp³-hybridized carbons (Fsp3) is 0.438. The number of H-pyrrole nitrogens is 2. The van der Waals surface area contributed by atoms with Gasteiger partial charge in [0, 0.05) is 37.2 Å². The SMILES string of the molecule is CCC(=O)N1CCCC1c1nc2ccc(C#Cc3ccc4nc([C@@H]5CCCN5C(=O)[C@H]5CCCO5)[nH]c4c3)cc2[nH]1. The third-order valence-corrected chi connectivity index (χ3v) is 8.60. The summed E-state index contributed by atoms with van der Waals surface area (Å²) in [5.74, 6) is 8.52. The second-order valence-corrected chi connectivity index (χ2v) is 11.2. The largest absolute Gasteiger partial charge is 0.368 e. The first-order chi connectivity index (χ1) is 20.1. The predicted molar refractivity (Wildman–Crippen MR) is 155 cm³/mol. The first kappa shape index (κ1) is 25.8. The molecule has 2 N–H and O–H groups in total. The molecule has 2 aromatic heterocycles. The quantitative estimate of drug-likeness (QED) is 0.357. The maximum Gasteiger partial charge on any atom is 0.252 e. The Morgan fingerprint density at radius 2 is 1.44 bits per heavy atom. The molecule has 0 radical (unpaired) electrons. The average molecular weight is 551 g/mol. The number of nitrogens with zero attached hydrogens (tertiary/aromatic N) is 4. The zero-order chi connectivity index (χ0) is 27.9. The summed E-state index contributed by atoms with van der Waals surface area (Å²) in [7, 11) is 0. The molecule has 0 bridgehead atoms. The van der Waals surface area contributed by atoms with Crippen molar-refractivity contribution in [2.45, 2.75) is 70.1 Å². The van der Waals surface area contributed by atoms with Gasteiger partial charge in [-0.2, -0.15) is 0 Å². The summed E-state index contributed by atoms with van der Waals surface area (Å²) in [5, 5.41) is 0. The minimum atomic E-state index is -0.308. The molecule has 3 fully saturated rings. The third-order valence-electron chi connectivity index (χ3n) is 8.60. The van der Waals surface area contributed by atoms with Crippen LogP contribution in [0, 0.1) is 11.8 Å². The van der Waals surface area contributed by atoms with E-state index in [0.717, 1.165) is 96.5 Å². The van der Waals surface area contributed by atoms with E-state index in [1.165, 1.54) is 0 Å². The minimum absolute atomic E-state index is 0.0147. The van der Waals surface area contributed by atoms with Crippen molar-refractivity contribution in [3.8, 4) is 11.8 Å². The molecule has 0 aliphatic carbocycles. The molecular weight excluding hydrogens is 516 g/mol. The molecular formula is C32H34N6O3. The number of fused-ring (bicyclic) bond motifs is 2. The highest BCUT2D eigenvalue weighted by Crippen LogP contribution is 2.34. The Hall–Kier alpha value is -4.16. The zero-order valence-corrected chi connectivity index (χ0v) is 23.3. The molecule has 5 heterocycles. The van der Waals surface area contributed by atoms with E-state index in [0.29, 0.717) is 13.0 Å². The first-order valence-electron chi connectivity index (χ1n) is 14.8. The molecule has 41 heavy (non-hydrogen) atoms. The fourth-order valence-corrected chi connectivity index (χ4v) is 6.50.